The van der Waals surface area contributed by atoms with Gasteiger partial charge in [0.15, 0.2) is 5.78 Å². The summed E-state index contributed by atoms with van der Waals surface area (Å²) < 4.78 is 1.83. The molecule has 0 bridgehead atoms. The van der Waals surface area contributed by atoms with Gasteiger partial charge >= 0.3 is 0 Å². The molecule has 1 heterocycles. The Morgan fingerprint density at radius 1 is 1.15 bits per heavy atom. The third-order valence-electron chi connectivity index (χ3n) is 3.50. The molecular weight excluding hydrogens is 248 g/mol. The number of rotatable bonds is 3. The van der Waals surface area contributed by atoms with Crippen LogP contribution in [0.25, 0.3) is 10.9 Å². The van der Waals surface area contributed by atoms with Gasteiger partial charge in [-0.3, -0.25) is 9.48 Å². The van der Waals surface area contributed by atoms with Crippen molar-refractivity contribution in [3.05, 3.63) is 65.4 Å². The van der Waals surface area contributed by atoms with Crippen LogP contribution in [0.3, 0.4) is 0 Å². The summed E-state index contributed by atoms with van der Waals surface area (Å²) in [7, 11) is 1.91. The molecule has 0 fully saturated rings. The van der Waals surface area contributed by atoms with Gasteiger partial charge in [-0.05, 0) is 19.1 Å². The average molecular weight is 264 g/mol. The van der Waals surface area contributed by atoms with E-state index in [0.29, 0.717) is 6.42 Å². The molecule has 0 atom stereocenters. The first-order valence-corrected chi connectivity index (χ1v) is 6.65. The van der Waals surface area contributed by atoms with E-state index >= 15 is 0 Å². The van der Waals surface area contributed by atoms with Crippen LogP contribution in [0.4, 0.5) is 0 Å². The van der Waals surface area contributed by atoms with Crippen LogP contribution >= 0.6 is 0 Å². The molecule has 0 aliphatic heterocycles. The Morgan fingerprint density at radius 2 is 1.95 bits per heavy atom. The molecule has 20 heavy (non-hydrogen) atoms. The highest BCUT2D eigenvalue weighted by atomic mass is 16.1. The Balaban J connectivity index is 1.95. The van der Waals surface area contributed by atoms with E-state index < -0.39 is 0 Å². The second kappa shape index (κ2) is 4.93. The number of hydrogen-bond donors (Lipinski definition) is 0. The van der Waals surface area contributed by atoms with Crippen molar-refractivity contribution in [1.82, 2.24) is 9.78 Å². The van der Waals surface area contributed by atoms with Gasteiger partial charge in [0, 0.05) is 18.0 Å². The van der Waals surface area contributed by atoms with Gasteiger partial charge in [0.25, 0.3) is 0 Å². The van der Waals surface area contributed by atoms with Crippen molar-refractivity contribution in [2.75, 3.05) is 0 Å². The lowest BCUT2D eigenvalue weighted by molar-refractivity contribution is 0.0992. The maximum Gasteiger partial charge on any atom is 0.168 e. The topological polar surface area (TPSA) is 34.9 Å². The number of carbonyl (C=O) groups is 1. The zero-order chi connectivity index (χ0) is 14.1. The van der Waals surface area contributed by atoms with Crippen LogP contribution in [0, 0.1) is 6.92 Å². The van der Waals surface area contributed by atoms with E-state index in [1.165, 1.54) is 0 Å². The second-order valence-corrected chi connectivity index (χ2v) is 5.06. The summed E-state index contributed by atoms with van der Waals surface area (Å²) in [6, 6.07) is 15.7. The summed E-state index contributed by atoms with van der Waals surface area (Å²) in [5.41, 5.74) is 3.75. The second-order valence-electron chi connectivity index (χ2n) is 5.06. The molecule has 0 amide bonds. The molecule has 3 nitrogen and oxygen atoms in total. The zero-order valence-electron chi connectivity index (χ0n) is 11.6. The predicted octanol–water partition coefficient (Wildman–Crippen LogP) is 3.31. The maximum absolute atomic E-state index is 12.4. The van der Waals surface area contributed by atoms with Crippen LogP contribution in [0.1, 0.15) is 21.6 Å². The van der Waals surface area contributed by atoms with E-state index in [0.717, 1.165) is 27.7 Å². The molecule has 0 spiro atoms. The zero-order valence-corrected chi connectivity index (χ0v) is 11.6. The number of hydrogen-bond acceptors (Lipinski definition) is 2. The highest BCUT2D eigenvalue weighted by Gasteiger charge is 2.13. The van der Waals surface area contributed by atoms with Crippen LogP contribution in [0.2, 0.25) is 0 Å². The van der Waals surface area contributed by atoms with Crippen LogP contribution in [0.15, 0.2) is 48.5 Å². The minimum Gasteiger partial charge on any atom is -0.294 e. The van der Waals surface area contributed by atoms with Crippen LogP contribution in [0.5, 0.6) is 0 Å². The summed E-state index contributed by atoms with van der Waals surface area (Å²) in [5.74, 6) is 0.109. The molecule has 0 N–H and O–H groups in total. The van der Waals surface area contributed by atoms with Crippen molar-refractivity contribution in [1.29, 1.82) is 0 Å². The summed E-state index contributed by atoms with van der Waals surface area (Å²) in [6.07, 6.45) is 0.338. The number of benzene rings is 2. The highest BCUT2D eigenvalue weighted by molar-refractivity contribution is 5.99. The van der Waals surface area contributed by atoms with E-state index in [1.807, 2.05) is 67.2 Å². The molecule has 3 rings (SSSR count). The van der Waals surface area contributed by atoms with Gasteiger partial charge < -0.3 is 0 Å². The van der Waals surface area contributed by atoms with Crippen molar-refractivity contribution >= 4 is 16.7 Å². The quantitative estimate of drug-likeness (QED) is 0.680. The van der Waals surface area contributed by atoms with Gasteiger partial charge in [-0.25, -0.2) is 0 Å². The fourth-order valence-electron chi connectivity index (χ4n) is 2.49. The lowest BCUT2D eigenvalue weighted by Gasteiger charge is -2.01. The van der Waals surface area contributed by atoms with E-state index in [9.17, 15) is 4.79 Å². The standard InChI is InChI=1S/C17H16N2O/c1-12-6-5-7-13(10-12)17(20)11-15-14-8-3-4-9-16(14)19(2)18-15/h3-10H,11H2,1-2H3. The molecular formula is C17H16N2O. The van der Waals surface area contributed by atoms with Gasteiger partial charge in [-0.15, -0.1) is 0 Å². The van der Waals surface area contributed by atoms with Crippen molar-refractivity contribution in [2.24, 2.45) is 7.05 Å². The number of nitrogens with zero attached hydrogens (tertiary/aromatic N) is 2. The first kappa shape index (κ1) is 12.6. The molecule has 1 aromatic heterocycles. The Labute approximate surface area is 117 Å². The van der Waals surface area contributed by atoms with E-state index in [1.54, 1.807) is 0 Å². The SMILES string of the molecule is Cc1cccc(C(=O)Cc2nn(C)c3ccccc23)c1. The summed E-state index contributed by atoms with van der Waals surface area (Å²) in [5, 5.41) is 5.53. The molecule has 3 aromatic rings. The van der Waals surface area contributed by atoms with Crippen molar-refractivity contribution in [3.8, 4) is 0 Å². The molecule has 0 saturated carbocycles. The number of aromatic nitrogens is 2. The fourth-order valence-corrected chi connectivity index (χ4v) is 2.49. The molecule has 0 radical (unpaired) electrons. The third kappa shape index (κ3) is 2.23. The number of Topliss-reactive ketones (excluding diaryl/α,β-unsaturated/α-hetero) is 1. The molecule has 0 aliphatic rings. The molecule has 0 unspecified atom stereocenters. The predicted molar refractivity (Wildman–Crippen MR) is 79.9 cm³/mol. The van der Waals surface area contributed by atoms with Crippen molar-refractivity contribution < 1.29 is 4.79 Å². The Morgan fingerprint density at radius 3 is 2.75 bits per heavy atom. The lowest BCUT2D eigenvalue weighted by atomic mass is 10.0. The maximum atomic E-state index is 12.4. The smallest absolute Gasteiger partial charge is 0.168 e. The number of aryl methyl sites for hydroxylation is 2. The van der Waals surface area contributed by atoms with Crippen LogP contribution in [-0.2, 0) is 13.5 Å². The van der Waals surface area contributed by atoms with Gasteiger partial charge in [-0.1, -0.05) is 42.0 Å². The van der Waals surface area contributed by atoms with Crippen LogP contribution in [-0.4, -0.2) is 15.6 Å². The fraction of sp³-hybridized carbons (Fsp3) is 0.176. The minimum atomic E-state index is 0.109. The van der Waals surface area contributed by atoms with E-state index in [4.69, 9.17) is 0 Å². The average Bonchev–Trinajstić information content (AvgIpc) is 2.76. The minimum absolute atomic E-state index is 0.109. The monoisotopic (exact) mass is 264 g/mol. The van der Waals surface area contributed by atoms with E-state index in [-0.39, 0.29) is 5.78 Å². The van der Waals surface area contributed by atoms with Crippen molar-refractivity contribution in [2.45, 2.75) is 13.3 Å². The molecule has 100 valence electrons. The van der Waals surface area contributed by atoms with Crippen LogP contribution < -0.4 is 0 Å². The van der Waals surface area contributed by atoms with Gasteiger partial charge in [0.1, 0.15) is 0 Å². The van der Waals surface area contributed by atoms with Gasteiger partial charge in [0.2, 0.25) is 0 Å². The molecule has 0 aliphatic carbocycles. The summed E-state index contributed by atoms with van der Waals surface area (Å²) in [4.78, 5) is 12.4. The molecule has 3 heteroatoms. The highest BCUT2D eigenvalue weighted by Crippen LogP contribution is 2.19. The number of carbonyl (C=O) groups excluding carboxylic acids is 1. The number of ketones is 1. The summed E-state index contributed by atoms with van der Waals surface area (Å²) >= 11 is 0. The molecule has 2 aromatic carbocycles. The largest absolute Gasteiger partial charge is 0.294 e. The molecule has 0 saturated heterocycles. The normalized spacial score (nSPS) is 10.9. The lowest BCUT2D eigenvalue weighted by Crippen LogP contribution is -2.05. The summed E-state index contributed by atoms with van der Waals surface area (Å²) in [6.45, 7) is 1.99. The van der Waals surface area contributed by atoms with E-state index in [2.05, 4.69) is 5.10 Å². The Hall–Kier alpha value is -2.42. The van der Waals surface area contributed by atoms with Gasteiger partial charge in [-0.2, -0.15) is 5.10 Å². The third-order valence-corrected chi connectivity index (χ3v) is 3.50. The first-order chi connectivity index (χ1) is 9.65. The first-order valence-electron chi connectivity index (χ1n) is 6.65. The van der Waals surface area contributed by atoms with Crippen molar-refractivity contribution in [3.63, 3.8) is 0 Å². The number of para-hydroxylation sites is 1. The van der Waals surface area contributed by atoms with Gasteiger partial charge in [0.05, 0.1) is 17.6 Å². The number of fused-ring (bicyclic) bond motifs is 1. The Bertz CT molecular complexity index is 787. The Kier molecular flexibility index (Phi) is 3.11.